The molecule has 0 bridgehead atoms. The Balaban J connectivity index is 1.90. The molecule has 1 fully saturated rings. The van der Waals surface area contributed by atoms with Crippen molar-refractivity contribution >= 4 is 30.3 Å². The highest BCUT2D eigenvalue weighted by atomic mass is 16.6. The molecule has 0 aromatic carbocycles. The van der Waals surface area contributed by atoms with Gasteiger partial charge in [0.15, 0.2) is 0 Å². The van der Waals surface area contributed by atoms with E-state index in [1.807, 2.05) is 32.9 Å². The maximum Gasteiger partial charge on any atom is 0.410 e. The first-order valence-corrected chi connectivity index (χ1v) is 8.22. The summed E-state index contributed by atoms with van der Waals surface area (Å²) in [4.78, 5) is 28.1. The van der Waals surface area contributed by atoms with Crippen LogP contribution in [0.4, 0.5) is 16.3 Å². The molecule has 2 heterocycles. The summed E-state index contributed by atoms with van der Waals surface area (Å²) >= 11 is 0. The number of hydrogen-bond donors (Lipinski definition) is 1. The first-order chi connectivity index (χ1) is 11.8. The molecule has 8 nitrogen and oxygen atoms in total. The van der Waals surface area contributed by atoms with E-state index in [0.29, 0.717) is 24.9 Å². The number of nitrogens with one attached hydrogen (secondary N) is 1. The lowest BCUT2D eigenvalue weighted by atomic mass is 10.2. The summed E-state index contributed by atoms with van der Waals surface area (Å²) in [6, 6.07) is 3.85. The lowest BCUT2D eigenvalue weighted by molar-refractivity contribution is 0.0240. The Bertz CT molecular complexity index is 628. The van der Waals surface area contributed by atoms with Crippen molar-refractivity contribution in [3.8, 4) is 0 Å². The van der Waals surface area contributed by atoms with E-state index in [2.05, 4.69) is 31.9 Å². The van der Waals surface area contributed by atoms with Gasteiger partial charge in [-0.15, -0.1) is 0 Å². The summed E-state index contributed by atoms with van der Waals surface area (Å²) in [6.07, 6.45) is 1.54. The van der Waals surface area contributed by atoms with Crippen LogP contribution in [0.2, 0.25) is 0 Å². The summed E-state index contributed by atoms with van der Waals surface area (Å²) in [5.41, 5.74) is 0.540. The number of hydrogen-bond acceptors (Lipinski definition) is 5. The van der Waals surface area contributed by atoms with Crippen LogP contribution in [0.25, 0.3) is 0 Å². The van der Waals surface area contributed by atoms with E-state index >= 15 is 0 Å². The van der Waals surface area contributed by atoms with Gasteiger partial charge in [-0.1, -0.05) is 0 Å². The van der Waals surface area contributed by atoms with Gasteiger partial charge in [0, 0.05) is 33.2 Å². The topological polar surface area (TPSA) is 82.4 Å². The predicted molar refractivity (Wildman–Crippen MR) is 101 cm³/mol. The van der Waals surface area contributed by atoms with Crippen molar-refractivity contribution in [1.29, 1.82) is 0 Å². The number of aliphatic imine (C=N–C) groups is 2. The molecule has 0 atom stereocenters. The molecule has 1 N–H and O–H groups in total. The molecule has 1 aromatic heterocycles. The number of ether oxygens (including phenoxy) is 1. The predicted octanol–water partition coefficient (Wildman–Crippen LogP) is 2.24. The molecule has 8 heteroatoms. The molecule has 0 spiro atoms. The highest BCUT2D eigenvalue weighted by molar-refractivity contribution is 5.95. The second-order valence-corrected chi connectivity index (χ2v) is 6.69. The molecule has 1 saturated heterocycles. The van der Waals surface area contributed by atoms with Crippen molar-refractivity contribution in [2.75, 3.05) is 43.4 Å². The van der Waals surface area contributed by atoms with Gasteiger partial charge in [0.05, 0.1) is 11.9 Å². The molecule has 25 heavy (non-hydrogen) atoms. The van der Waals surface area contributed by atoms with Gasteiger partial charge >= 0.3 is 6.09 Å². The number of nitrogens with zero attached hydrogens (tertiary/aromatic N) is 5. The molecule has 0 unspecified atom stereocenters. The third-order valence-electron chi connectivity index (χ3n) is 3.65. The van der Waals surface area contributed by atoms with E-state index in [-0.39, 0.29) is 6.09 Å². The quantitative estimate of drug-likeness (QED) is 0.656. The van der Waals surface area contributed by atoms with Crippen LogP contribution in [0.5, 0.6) is 0 Å². The van der Waals surface area contributed by atoms with Gasteiger partial charge in [0.2, 0.25) is 5.96 Å². The zero-order valence-electron chi connectivity index (χ0n) is 15.3. The smallest absolute Gasteiger partial charge is 0.410 e. The first kappa shape index (κ1) is 18.7. The van der Waals surface area contributed by atoms with Gasteiger partial charge in [-0.3, -0.25) is 4.99 Å². The van der Waals surface area contributed by atoms with Gasteiger partial charge in [-0.25, -0.2) is 14.8 Å². The van der Waals surface area contributed by atoms with E-state index in [1.54, 1.807) is 18.1 Å². The first-order valence-electron chi connectivity index (χ1n) is 8.22. The normalized spacial score (nSPS) is 15.8. The van der Waals surface area contributed by atoms with Crippen LogP contribution >= 0.6 is 0 Å². The van der Waals surface area contributed by atoms with Gasteiger partial charge < -0.3 is 19.9 Å². The van der Waals surface area contributed by atoms with E-state index in [0.717, 1.165) is 18.8 Å². The Morgan fingerprint density at radius 2 is 1.96 bits per heavy atom. The number of carbonyl (C=O) groups excluding carboxylic acids is 1. The fourth-order valence-corrected chi connectivity index (χ4v) is 2.40. The highest BCUT2D eigenvalue weighted by Gasteiger charge is 2.25. The number of rotatable bonds is 2. The lowest BCUT2D eigenvalue weighted by Crippen LogP contribution is -2.50. The van der Waals surface area contributed by atoms with Gasteiger partial charge in [-0.05, 0) is 39.6 Å². The van der Waals surface area contributed by atoms with Crippen LogP contribution in [0.3, 0.4) is 0 Å². The number of guanidine groups is 1. The van der Waals surface area contributed by atoms with Crippen LogP contribution in [-0.4, -0.2) is 67.5 Å². The van der Waals surface area contributed by atoms with Gasteiger partial charge in [-0.2, -0.15) is 0 Å². The molecule has 0 saturated carbocycles. The number of aromatic nitrogens is 1. The Morgan fingerprint density at radius 3 is 2.44 bits per heavy atom. The number of carbonyl (C=O) groups is 1. The van der Waals surface area contributed by atoms with E-state index < -0.39 is 5.60 Å². The largest absolute Gasteiger partial charge is 0.444 e. The fourth-order valence-electron chi connectivity index (χ4n) is 2.40. The van der Waals surface area contributed by atoms with E-state index in [4.69, 9.17) is 4.74 Å². The number of anilines is 2. The van der Waals surface area contributed by atoms with E-state index in [1.165, 1.54) is 0 Å². The summed E-state index contributed by atoms with van der Waals surface area (Å²) < 4.78 is 5.41. The van der Waals surface area contributed by atoms with Gasteiger partial charge in [0.25, 0.3) is 0 Å². The minimum Gasteiger partial charge on any atom is -0.444 e. The molecule has 1 aromatic rings. The minimum absolute atomic E-state index is 0.256. The Kier molecular flexibility index (Phi) is 5.95. The standard InChI is InChI=1S/C17H26N6O2/c1-17(2,3)25-16(24)23-10-8-22(9-11-23)13-6-7-14(20-12-13)21-15(18-4)19-5/h6-7,12H,4,8-11H2,1-3,5H3,(H,19,20,21). The molecular weight excluding hydrogens is 320 g/mol. The van der Waals surface area contributed by atoms with Crippen molar-refractivity contribution in [2.45, 2.75) is 26.4 Å². The van der Waals surface area contributed by atoms with Crippen LogP contribution in [0, 0.1) is 0 Å². The second kappa shape index (κ2) is 7.96. The van der Waals surface area contributed by atoms with Crippen molar-refractivity contribution in [2.24, 2.45) is 9.98 Å². The molecular formula is C17H26N6O2. The fraction of sp³-hybridized carbons (Fsp3) is 0.529. The van der Waals surface area contributed by atoms with Crippen molar-refractivity contribution in [1.82, 2.24) is 9.88 Å². The molecule has 136 valence electrons. The molecule has 0 radical (unpaired) electrons. The van der Waals surface area contributed by atoms with E-state index in [9.17, 15) is 4.79 Å². The third kappa shape index (κ3) is 5.44. The maximum absolute atomic E-state index is 12.1. The van der Waals surface area contributed by atoms with Crippen molar-refractivity contribution in [3.05, 3.63) is 18.3 Å². The second-order valence-electron chi connectivity index (χ2n) is 6.69. The minimum atomic E-state index is -0.470. The summed E-state index contributed by atoms with van der Waals surface area (Å²) in [7, 11) is 1.63. The summed E-state index contributed by atoms with van der Waals surface area (Å²) in [5.74, 6) is 1.08. The summed E-state index contributed by atoms with van der Waals surface area (Å²) in [5, 5.41) is 2.97. The number of amides is 1. The monoisotopic (exact) mass is 346 g/mol. The average Bonchev–Trinajstić information content (AvgIpc) is 2.59. The van der Waals surface area contributed by atoms with Crippen LogP contribution in [-0.2, 0) is 4.74 Å². The Labute approximate surface area is 148 Å². The lowest BCUT2D eigenvalue weighted by Gasteiger charge is -2.36. The SMILES string of the molecule is C=NC(=NC)Nc1ccc(N2CCN(C(=O)OC(C)(C)C)CC2)cn1. The third-order valence-corrected chi connectivity index (χ3v) is 3.65. The molecule has 0 aliphatic carbocycles. The maximum atomic E-state index is 12.1. The Hall–Kier alpha value is -2.64. The zero-order chi connectivity index (χ0) is 18.4. The van der Waals surface area contributed by atoms with Gasteiger partial charge in [0.1, 0.15) is 11.4 Å². The highest BCUT2D eigenvalue weighted by Crippen LogP contribution is 2.18. The molecule has 1 aliphatic heterocycles. The molecule has 1 aliphatic rings. The Morgan fingerprint density at radius 1 is 1.28 bits per heavy atom. The van der Waals surface area contributed by atoms with Crippen LogP contribution in [0.15, 0.2) is 28.3 Å². The molecule has 2 rings (SSSR count). The van der Waals surface area contributed by atoms with Crippen molar-refractivity contribution < 1.29 is 9.53 Å². The van der Waals surface area contributed by atoms with Crippen LogP contribution < -0.4 is 10.2 Å². The number of piperazine rings is 1. The van der Waals surface area contributed by atoms with Crippen LogP contribution in [0.1, 0.15) is 20.8 Å². The zero-order valence-corrected chi connectivity index (χ0v) is 15.3. The molecule has 1 amide bonds. The number of pyridine rings is 1. The van der Waals surface area contributed by atoms with Crippen molar-refractivity contribution in [3.63, 3.8) is 0 Å². The average molecular weight is 346 g/mol. The summed E-state index contributed by atoms with van der Waals surface area (Å²) in [6.45, 7) is 11.8.